The van der Waals surface area contributed by atoms with Crippen molar-refractivity contribution in [1.29, 1.82) is 0 Å². The van der Waals surface area contributed by atoms with Crippen LogP contribution in [0.4, 0.5) is 0 Å². The lowest BCUT2D eigenvalue weighted by molar-refractivity contribution is 0.257. The molecule has 0 saturated carbocycles. The SMILES string of the molecule is Cc1nnc(COc2ccc(Cl)cc2[C@@H](C)N)o1. The van der Waals surface area contributed by atoms with E-state index in [9.17, 15) is 0 Å². The zero-order chi connectivity index (χ0) is 13.1. The van der Waals surface area contributed by atoms with Gasteiger partial charge in [-0.25, -0.2) is 0 Å². The molecule has 0 aliphatic carbocycles. The van der Waals surface area contributed by atoms with Crippen LogP contribution in [0.15, 0.2) is 22.6 Å². The standard InChI is InChI=1S/C12H14ClN3O2/c1-7(14)10-5-9(13)3-4-11(10)17-6-12-16-15-8(2)18-12/h3-5,7H,6,14H2,1-2H3/t7-/m1/s1. The van der Waals surface area contributed by atoms with Crippen LogP contribution in [0, 0.1) is 6.92 Å². The maximum Gasteiger partial charge on any atom is 0.253 e. The smallest absolute Gasteiger partial charge is 0.253 e. The number of rotatable bonds is 4. The Kier molecular flexibility index (Phi) is 3.84. The van der Waals surface area contributed by atoms with Gasteiger partial charge in [-0.2, -0.15) is 0 Å². The van der Waals surface area contributed by atoms with Gasteiger partial charge in [-0.05, 0) is 25.1 Å². The molecule has 0 saturated heterocycles. The van der Waals surface area contributed by atoms with Crippen molar-refractivity contribution in [1.82, 2.24) is 10.2 Å². The van der Waals surface area contributed by atoms with Crippen molar-refractivity contribution in [2.75, 3.05) is 0 Å². The number of hydrogen-bond acceptors (Lipinski definition) is 5. The maximum atomic E-state index is 5.93. The van der Waals surface area contributed by atoms with Gasteiger partial charge in [0.25, 0.3) is 5.89 Å². The van der Waals surface area contributed by atoms with Gasteiger partial charge in [-0.3, -0.25) is 0 Å². The van der Waals surface area contributed by atoms with Crippen molar-refractivity contribution in [3.63, 3.8) is 0 Å². The Hall–Kier alpha value is -1.59. The molecule has 2 rings (SSSR count). The Morgan fingerprint density at radius 1 is 1.44 bits per heavy atom. The molecule has 0 spiro atoms. The number of hydrogen-bond donors (Lipinski definition) is 1. The van der Waals surface area contributed by atoms with Crippen LogP contribution >= 0.6 is 11.6 Å². The first-order valence-electron chi connectivity index (χ1n) is 5.53. The molecule has 0 amide bonds. The molecule has 0 fully saturated rings. The molecule has 1 aromatic carbocycles. The first kappa shape index (κ1) is 12.9. The Bertz CT molecular complexity index is 540. The lowest BCUT2D eigenvalue weighted by Crippen LogP contribution is -2.08. The largest absolute Gasteiger partial charge is 0.483 e. The van der Waals surface area contributed by atoms with E-state index < -0.39 is 0 Å². The first-order chi connectivity index (χ1) is 8.56. The fourth-order valence-corrected chi connectivity index (χ4v) is 1.72. The van der Waals surface area contributed by atoms with Gasteiger partial charge in [-0.15, -0.1) is 10.2 Å². The van der Waals surface area contributed by atoms with Gasteiger partial charge in [0, 0.05) is 23.6 Å². The van der Waals surface area contributed by atoms with Gasteiger partial charge in [0.2, 0.25) is 5.89 Å². The second kappa shape index (κ2) is 5.37. The van der Waals surface area contributed by atoms with E-state index in [1.54, 1.807) is 25.1 Å². The molecule has 0 bridgehead atoms. The van der Waals surface area contributed by atoms with Crippen LogP contribution in [0.25, 0.3) is 0 Å². The average Bonchev–Trinajstić information content (AvgIpc) is 2.73. The first-order valence-corrected chi connectivity index (χ1v) is 5.91. The molecule has 0 unspecified atom stereocenters. The summed E-state index contributed by atoms with van der Waals surface area (Å²) in [7, 11) is 0. The highest BCUT2D eigenvalue weighted by molar-refractivity contribution is 6.30. The second-order valence-corrected chi connectivity index (χ2v) is 4.41. The number of benzene rings is 1. The summed E-state index contributed by atoms with van der Waals surface area (Å²) in [5.41, 5.74) is 6.71. The van der Waals surface area contributed by atoms with Gasteiger partial charge < -0.3 is 14.9 Å². The lowest BCUT2D eigenvalue weighted by atomic mass is 10.1. The van der Waals surface area contributed by atoms with Gasteiger partial charge in [0.1, 0.15) is 5.75 Å². The molecular weight excluding hydrogens is 254 g/mol. The molecule has 2 N–H and O–H groups in total. The quantitative estimate of drug-likeness (QED) is 0.922. The third-order valence-electron chi connectivity index (χ3n) is 2.38. The minimum Gasteiger partial charge on any atom is -0.483 e. The minimum atomic E-state index is -0.164. The Labute approximate surface area is 110 Å². The molecule has 0 radical (unpaired) electrons. The van der Waals surface area contributed by atoms with E-state index in [1.807, 2.05) is 6.92 Å². The van der Waals surface area contributed by atoms with E-state index >= 15 is 0 Å². The van der Waals surface area contributed by atoms with E-state index in [0.29, 0.717) is 22.6 Å². The predicted molar refractivity (Wildman–Crippen MR) is 67.4 cm³/mol. The Morgan fingerprint density at radius 2 is 2.22 bits per heavy atom. The molecule has 5 nitrogen and oxygen atoms in total. The molecular formula is C12H14ClN3O2. The average molecular weight is 268 g/mol. The highest BCUT2D eigenvalue weighted by atomic mass is 35.5. The van der Waals surface area contributed by atoms with Crippen LogP contribution in [0.1, 0.15) is 30.3 Å². The molecule has 1 aromatic heterocycles. The number of nitrogens with zero attached hydrogens (tertiary/aromatic N) is 2. The van der Waals surface area contributed by atoms with Crippen molar-refractivity contribution in [2.24, 2.45) is 5.73 Å². The number of nitrogens with two attached hydrogens (primary N) is 1. The van der Waals surface area contributed by atoms with E-state index in [4.69, 9.17) is 26.5 Å². The monoisotopic (exact) mass is 267 g/mol. The van der Waals surface area contributed by atoms with E-state index in [2.05, 4.69) is 10.2 Å². The lowest BCUT2D eigenvalue weighted by Gasteiger charge is -2.13. The van der Waals surface area contributed by atoms with Crippen LogP contribution in [0.3, 0.4) is 0 Å². The summed E-state index contributed by atoms with van der Waals surface area (Å²) in [6.45, 7) is 3.81. The van der Waals surface area contributed by atoms with Crippen LogP contribution in [-0.4, -0.2) is 10.2 Å². The third-order valence-corrected chi connectivity index (χ3v) is 2.62. The molecule has 18 heavy (non-hydrogen) atoms. The topological polar surface area (TPSA) is 74.2 Å². The number of aryl methyl sites for hydroxylation is 1. The summed E-state index contributed by atoms with van der Waals surface area (Å²) < 4.78 is 10.8. The van der Waals surface area contributed by atoms with Gasteiger partial charge >= 0.3 is 0 Å². The highest BCUT2D eigenvalue weighted by Crippen LogP contribution is 2.27. The Balaban J connectivity index is 2.13. The van der Waals surface area contributed by atoms with E-state index in [1.165, 1.54) is 0 Å². The minimum absolute atomic E-state index is 0.164. The highest BCUT2D eigenvalue weighted by Gasteiger charge is 2.10. The zero-order valence-corrected chi connectivity index (χ0v) is 10.9. The molecule has 1 heterocycles. The summed E-state index contributed by atoms with van der Waals surface area (Å²) in [5, 5.41) is 8.21. The van der Waals surface area contributed by atoms with Gasteiger partial charge in [0.15, 0.2) is 6.61 Å². The summed E-state index contributed by atoms with van der Waals surface area (Å²) >= 11 is 5.93. The van der Waals surface area contributed by atoms with Crippen molar-refractivity contribution >= 4 is 11.6 Å². The molecule has 0 aliphatic heterocycles. The maximum absolute atomic E-state index is 5.93. The second-order valence-electron chi connectivity index (χ2n) is 3.97. The van der Waals surface area contributed by atoms with Crippen LogP contribution < -0.4 is 10.5 Å². The molecule has 2 aromatic rings. The molecule has 96 valence electrons. The zero-order valence-electron chi connectivity index (χ0n) is 10.2. The predicted octanol–water partition coefficient (Wildman–Crippen LogP) is 2.63. The number of halogens is 1. The van der Waals surface area contributed by atoms with Crippen molar-refractivity contribution in [3.05, 3.63) is 40.6 Å². The fourth-order valence-electron chi connectivity index (χ4n) is 1.54. The van der Waals surface area contributed by atoms with Crippen molar-refractivity contribution in [2.45, 2.75) is 26.5 Å². The van der Waals surface area contributed by atoms with Crippen LogP contribution in [-0.2, 0) is 6.61 Å². The Morgan fingerprint density at radius 3 is 2.83 bits per heavy atom. The van der Waals surface area contributed by atoms with Crippen molar-refractivity contribution in [3.8, 4) is 5.75 Å². The van der Waals surface area contributed by atoms with Crippen molar-refractivity contribution < 1.29 is 9.15 Å². The molecule has 1 atom stereocenters. The number of aromatic nitrogens is 2. The van der Waals surface area contributed by atoms with E-state index in [0.717, 1.165) is 5.56 Å². The molecule has 6 heteroatoms. The van der Waals surface area contributed by atoms with Gasteiger partial charge in [-0.1, -0.05) is 11.6 Å². The summed E-state index contributed by atoms with van der Waals surface area (Å²) in [6.07, 6.45) is 0. The van der Waals surface area contributed by atoms with E-state index in [-0.39, 0.29) is 12.6 Å². The van der Waals surface area contributed by atoms with Crippen LogP contribution in [0.5, 0.6) is 5.75 Å². The number of ether oxygens (including phenoxy) is 1. The summed E-state index contributed by atoms with van der Waals surface area (Å²) in [6, 6.07) is 5.16. The normalized spacial score (nSPS) is 12.4. The summed E-state index contributed by atoms with van der Waals surface area (Å²) in [5.74, 6) is 1.61. The summed E-state index contributed by atoms with van der Waals surface area (Å²) in [4.78, 5) is 0. The third kappa shape index (κ3) is 3.00. The molecule has 0 aliphatic rings. The fraction of sp³-hybridized carbons (Fsp3) is 0.333. The van der Waals surface area contributed by atoms with Crippen LogP contribution in [0.2, 0.25) is 5.02 Å². The van der Waals surface area contributed by atoms with Gasteiger partial charge in [0.05, 0.1) is 0 Å².